The van der Waals surface area contributed by atoms with E-state index in [0.717, 1.165) is 84.5 Å². The third-order valence-corrected chi connectivity index (χ3v) is 17.2. The van der Waals surface area contributed by atoms with Gasteiger partial charge in [-0.15, -0.1) is 0 Å². The van der Waals surface area contributed by atoms with E-state index in [0.29, 0.717) is 47.7 Å². The van der Waals surface area contributed by atoms with E-state index < -0.39 is 18.9 Å². The Bertz CT molecular complexity index is 3130. The van der Waals surface area contributed by atoms with Gasteiger partial charge < -0.3 is 25.3 Å². The molecule has 10 rings (SSSR count). The van der Waals surface area contributed by atoms with E-state index in [1.165, 1.54) is 25.0 Å². The molecule has 2 aromatic carbocycles. The Labute approximate surface area is 432 Å². The first-order valence-corrected chi connectivity index (χ1v) is 28.8. The molecule has 0 bridgehead atoms. The minimum atomic E-state index is -3.53. The number of aryl methyl sites for hydroxylation is 1. The number of hydrogen-bond acceptors (Lipinski definition) is 15. The molecule has 384 valence electrons. The van der Waals surface area contributed by atoms with Gasteiger partial charge in [0, 0.05) is 79.3 Å². The van der Waals surface area contributed by atoms with E-state index in [4.69, 9.17) is 26.4 Å². The van der Waals surface area contributed by atoms with E-state index in [1.54, 1.807) is 103 Å². The molecule has 0 radical (unpaired) electrons. The van der Waals surface area contributed by atoms with Gasteiger partial charge in [0.1, 0.15) is 23.5 Å². The average molecular weight is 1050 g/mol. The van der Waals surface area contributed by atoms with Gasteiger partial charge in [-0.3, -0.25) is 19.6 Å². The number of hydrogen-bond donors (Lipinski definition) is 1. The van der Waals surface area contributed by atoms with Crippen molar-refractivity contribution in [2.45, 2.75) is 125 Å². The standard InChI is InChI=1S/C27H31N5O3S.C20H26N6O.C6H5ClO2S/c1-3-23-27(33)31(2)24-18-29-25(30-26(24)32(23)20-9-7-8-10-20)22-13-15-28-17-19(22)14-16-36(34,35)21-11-5-4-6-12-21;1-3-16-20(27)25(2)17-12-23-18(15-8-9-22-11-13(15)10-21)24-19(17)26(16)14-6-4-5-7-14;7-10(8,9)6-4-2-1-3-5-6/h4-6,11-13,15,17-18,20,23H,3,7-10,14,16H2,1-2H3;8-9,11-12,14,16H,3-7,10,21H2,1-2H3;1-5H/t23-;16-;/m11./s1. The van der Waals surface area contributed by atoms with Gasteiger partial charge in [-0.25, -0.2) is 36.8 Å². The quantitative estimate of drug-likeness (QED) is 0.114. The number of halogens is 1. The van der Waals surface area contributed by atoms with Gasteiger partial charge in [0.2, 0.25) is 11.8 Å². The van der Waals surface area contributed by atoms with Gasteiger partial charge in [0.05, 0.1) is 27.9 Å². The van der Waals surface area contributed by atoms with Gasteiger partial charge in [0.15, 0.2) is 33.1 Å². The topological polar surface area (TPSA) is 219 Å². The second-order valence-corrected chi connectivity index (χ2v) is 23.2. The monoisotopic (exact) mass is 1050 g/mol. The van der Waals surface area contributed by atoms with Crippen molar-refractivity contribution < 1.29 is 26.4 Å². The lowest BCUT2D eigenvalue weighted by molar-refractivity contribution is -0.120. The van der Waals surface area contributed by atoms with Crippen molar-refractivity contribution in [2.75, 3.05) is 39.4 Å². The summed E-state index contributed by atoms with van der Waals surface area (Å²) in [4.78, 5) is 61.9. The average Bonchev–Trinajstić information content (AvgIpc) is 4.17. The third kappa shape index (κ3) is 11.5. The Hall–Kier alpha value is -6.41. The molecule has 0 spiro atoms. The second-order valence-electron chi connectivity index (χ2n) is 18.5. The van der Waals surface area contributed by atoms with Gasteiger partial charge in [-0.2, -0.15) is 0 Å². The molecule has 2 saturated carbocycles. The van der Waals surface area contributed by atoms with Crippen LogP contribution in [0.4, 0.5) is 23.0 Å². The summed E-state index contributed by atoms with van der Waals surface area (Å²) in [6.45, 7) is 4.49. The number of benzene rings is 2. The van der Waals surface area contributed by atoms with Crippen LogP contribution < -0.4 is 25.3 Å². The van der Waals surface area contributed by atoms with Crippen molar-refractivity contribution in [3.05, 3.63) is 121 Å². The van der Waals surface area contributed by atoms with Gasteiger partial charge in [-0.05, 0) is 92.5 Å². The van der Waals surface area contributed by atoms with Crippen molar-refractivity contribution in [1.82, 2.24) is 29.9 Å². The molecule has 73 heavy (non-hydrogen) atoms. The molecule has 2 atom stereocenters. The highest BCUT2D eigenvalue weighted by atomic mass is 35.7. The normalized spacial score (nSPS) is 18.2. The molecule has 4 aromatic heterocycles. The van der Waals surface area contributed by atoms with Crippen LogP contribution in [0.25, 0.3) is 22.8 Å². The van der Waals surface area contributed by atoms with Crippen molar-refractivity contribution in [3.8, 4) is 22.8 Å². The molecule has 6 aromatic rings. The maximum Gasteiger partial charge on any atom is 0.261 e. The summed E-state index contributed by atoms with van der Waals surface area (Å²) in [6.07, 6.45) is 21.1. The molecular weight excluding hydrogens is 986 g/mol. The summed E-state index contributed by atoms with van der Waals surface area (Å²) in [5.41, 5.74) is 10.7. The van der Waals surface area contributed by atoms with E-state index in [-0.39, 0.29) is 40.6 Å². The number of carbonyl (C=O) groups excluding carboxylic acids is 2. The number of nitrogens with zero attached hydrogens (tertiary/aromatic N) is 10. The summed E-state index contributed by atoms with van der Waals surface area (Å²) in [6, 6.07) is 20.3. The lowest BCUT2D eigenvalue weighted by Gasteiger charge is -2.43. The third-order valence-electron chi connectivity index (χ3n) is 14.1. The molecule has 2 amide bonds. The van der Waals surface area contributed by atoms with Crippen LogP contribution >= 0.6 is 10.7 Å². The molecule has 4 aliphatic rings. The molecule has 20 heteroatoms. The highest BCUT2D eigenvalue weighted by molar-refractivity contribution is 8.13. The number of likely N-dealkylation sites (N-methyl/N-ethyl adjacent to an activating group) is 2. The first-order valence-electron chi connectivity index (χ1n) is 24.9. The molecule has 6 heterocycles. The second kappa shape index (κ2) is 23.2. The number of rotatable bonds is 12. The first-order chi connectivity index (χ1) is 35.2. The van der Waals surface area contributed by atoms with Crippen LogP contribution in [-0.4, -0.2) is 103 Å². The van der Waals surface area contributed by atoms with E-state index in [9.17, 15) is 26.4 Å². The van der Waals surface area contributed by atoms with Gasteiger partial charge in [0.25, 0.3) is 9.05 Å². The predicted octanol–water partition coefficient (Wildman–Crippen LogP) is 8.17. The molecule has 0 saturated heterocycles. The molecule has 2 N–H and O–H groups in total. The number of nitrogens with two attached hydrogens (primary N) is 1. The fraction of sp³-hybridized carbons (Fsp3) is 0.396. The number of carbonyl (C=O) groups is 2. The Morgan fingerprint density at radius 1 is 0.603 bits per heavy atom. The smallest absolute Gasteiger partial charge is 0.261 e. The first kappa shape index (κ1) is 52.9. The van der Waals surface area contributed by atoms with Crippen LogP contribution in [0, 0.1) is 0 Å². The lowest BCUT2D eigenvalue weighted by atomic mass is 10.0. The van der Waals surface area contributed by atoms with E-state index >= 15 is 0 Å². The summed E-state index contributed by atoms with van der Waals surface area (Å²) < 4.78 is 46.9. The molecule has 2 aliphatic heterocycles. The number of amides is 2. The number of pyridine rings is 2. The van der Waals surface area contributed by atoms with Gasteiger partial charge >= 0.3 is 0 Å². The summed E-state index contributed by atoms with van der Waals surface area (Å²) in [5, 5.41) is 0. The van der Waals surface area contributed by atoms with Crippen LogP contribution in [-0.2, 0) is 41.4 Å². The zero-order valence-corrected chi connectivity index (χ0v) is 44.0. The van der Waals surface area contributed by atoms with Crippen molar-refractivity contribution in [2.24, 2.45) is 5.73 Å². The molecule has 2 aliphatic carbocycles. The molecule has 0 unspecified atom stereocenters. The highest BCUT2D eigenvalue weighted by Crippen LogP contribution is 2.42. The zero-order chi connectivity index (χ0) is 51.9. The summed E-state index contributed by atoms with van der Waals surface area (Å²) in [5.74, 6) is 2.95. The number of anilines is 4. The SMILES string of the molecule is CC[C@@H]1C(=O)N(C)c2cnc(-c3ccncc3CCS(=O)(=O)c3ccccc3)nc2N1C1CCCC1.CC[C@@H]1C(=O)N(C)c2cnc(-c3ccncc3CN)nc2N1C1CCCC1.O=S(=O)(Cl)c1ccccc1. The Kier molecular flexibility index (Phi) is 16.8. The maximum atomic E-state index is 13.2. The summed E-state index contributed by atoms with van der Waals surface area (Å²) in [7, 11) is 1.66. The van der Waals surface area contributed by atoms with Crippen LogP contribution in [0.2, 0.25) is 0 Å². The number of aromatic nitrogens is 6. The van der Waals surface area contributed by atoms with Crippen molar-refractivity contribution >= 4 is 64.4 Å². The van der Waals surface area contributed by atoms with Crippen LogP contribution in [0.3, 0.4) is 0 Å². The van der Waals surface area contributed by atoms with Crippen LogP contribution in [0.1, 0.15) is 89.2 Å². The number of sulfone groups is 1. The fourth-order valence-electron chi connectivity index (χ4n) is 10.3. The molecule has 2 fully saturated rings. The van der Waals surface area contributed by atoms with Crippen LogP contribution in [0.15, 0.2) is 120 Å². The van der Waals surface area contributed by atoms with Crippen molar-refractivity contribution in [1.29, 1.82) is 0 Å². The maximum absolute atomic E-state index is 13.2. The minimum Gasteiger partial charge on any atom is -0.340 e. The van der Waals surface area contributed by atoms with Gasteiger partial charge in [-0.1, -0.05) is 75.9 Å². The fourth-order valence-corrected chi connectivity index (χ4v) is 12.3. The minimum absolute atomic E-state index is 0.0377. The molecular formula is C53H62ClN11O6S2. The lowest BCUT2D eigenvalue weighted by Crippen LogP contribution is -2.55. The zero-order valence-electron chi connectivity index (χ0n) is 41.6. The highest BCUT2D eigenvalue weighted by Gasteiger charge is 2.43. The van der Waals surface area contributed by atoms with Crippen LogP contribution in [0.5, 0.6) is 0 Å². The van der Waals surface area contributed by atoms with E-state index in [1.807, 2.05) is 26.1 Å². The van der Waals surface area contributed by atoms with Crippen molar-refractivity contribution in [3.63, 3.8) is 0 Å². The van der Waals surface area contributed by atoms with E-state index in [2.05, 4.69) is 36.7 Å². The summed E-state index contributed by atoms with van der Waals surface area (Å²) >= 11 is 0. The largest absolute Gasteiger partial charge is 0.340 e. The Morgan fingerprint density at radius 3 is 1.44 bits per heavy atom. The predicted molar refractivity (Wildman–Crippen MR) is 285 cm³/mol. The Balaban J connectivity index is 0.000000168. The number of fused-ring (bicyclic) bond motifs is 2. The molecule has 17 nitrogen and oxygen atoms in total. The Morgan fingerprint density at radius 2 is 1.03 bits per heavy atom.